The van der Waals surface area contributed by atoms with Crippen molar-refractivity contribution in [3.8, 4) is 0 Å². The van der Waals surface area contributed by atoms with Crippen molar-refractivity contribution in [1.29, 1.82) is 0 Å². The minimum Gasteiger partial charge on any atom is -0.429 e. The average Bonchev–Trinajstić information content (AvgIpc) is 2.69. The van der Waals surface area contributed by atoms with Crippen LogP contribution in [0.1, 0.15) is 46.5 Å². The van der Waals surface area contributed by atoms with Gasteiger partial charge < -0.3 is 29.9 Å². The standard InChI is InChI=1S/C21H30O8/c1-10-5-4-6-12-7-14(23)13(8-21(10,12)3)11(2)19(27)29-20-18(26)17(25)16(24)15(9-22)28-20/h7,10,15-18,20,22,24-26H,4-6,8-9H2,1-3H3. The largest absolute Gasteiger partial charge is 0.429 e. The number of ether oxygens (including phenoxy) is 2. The number of hydrogen-bond donors (Lipinski definition) is 4. The lowest BCUT2D eigenvalue weighted by Gasteiger charge is -2.45. The molecule has 29 heavy (non-hydrogen) atoms. The van der Waals surface area contributed by atoms with Crippen molar-refractivity contribution < 1.29 is 39.5 Å². The van der Waals surface area contributed by atoms with Crippen LogP contribution in [0, 0.1) is 11.3 Å². The number of carbonyl (C=O) groups is 2. The van der Waals surface area contributed by atoms with Gasteiger partial charge in [0.05, 0.1) is 6.61 Å². The van der Waals surface area contributed by atoms with Crippen molar-refractivity contribution in [3.63, 3.8) is 0 Å². The minimum atomic E-state index is -1.68. The highest BCUT2D eigenvalue weighted by Crippen LogP contribution is 2.51. The molecule has 3 rings (SSSR count). The monoisotopic (exact) mass is 410 g/mol. The summed E-state index contributed by atoms with van der Waals surface area (Å²) in [6.07, 6.45) is -2.54. The second kappa shape index (κ2) is 8.28. The Bertz CT molecular complexity index is 739. The van der Waals surface area contributed by atoms with Crippen molar-refractivity contribution in [2.75, 3.05) is 6.61 Å². The molecule has 3 aliphatic rings. The number of allylic oxidation sites excluding steroid dienone is 3. The number of aliphatic hydroxyl groups excluding tert-OH is 4. The van der Waals surface area contributed by atoms with Crippen LogP contribution >= 0.6 is 0 Å². The molecule has 162 valence electrons. The highest BCUT2D eigenvalue weighted by Gasteiger charge is 2.46. The van der Waals surface area contributed by atoms with E-state index in [9.17, 15) is 30.0 Å². The number of fused-ring (bicyclic) bond motifs is 1. The summed E-state index contributed by atoms with van der Waals surface area (Å²) in [6.45, 7) is 5.14. The van der Waals surface area contributed by atoms with Gasteiger partial charge in [0.25, 0.3) is 0 Å². The highest BCUT2D eigenvalue weighted by molar-refractivity contribution is 6.10. The fraction of sp³-hybridized carbons (Fsp3) is 0.714. The molecule has 7 unspecified atom stereocenters. The SMILES string of the molecule is CC(C(=O)OC1OC(CO)C(O)C(O)C1O)=C1CC2(C)C(=CC1=O)CCCC2C. The minimum absolute atomic E-state index is 0.126. The molecule has 1 aliphatic heterocycles. The zero-order valence-corrected chi connectivity index (χ0v) is 17.0. The molecule has 2 fully saturated rings. The van der Waals surface area contributed by atoms with Gasteiger partial charge in [-0.1, -0.05) is 19.4 Å². The fourth-order valence-corrected chi connectivity index (χ4v) is 4.54. The molecule has 2 aliphatic carbocycles. The highest BCUT2D eigenvalue weighted by atomic mass is 16.7. The first-order valence-corrected chi connectivity index (χ1v) is 10.1. The van der Waals surface area contributed by atoms with E-state index in [1.54, 1.807) is 6.08 Å². The Balaban J connectivity index is 1.81. The van der Waals surface area contributed by atoms with Gasteiger partial charge in [0, 0.05) is 11.1 Å². The Morgan fingerprint density at radius 3 is 2.62 bits per heavy atom. The van der Waals surface area contributed by atoms with Crippen LogP contribution in [0.15, 0.2) is 22.8 Å². The van der Waals surface area contributed by atoms with Crippen molar-refractivity contribution in [1.82, 2.24) is 0 Å². The maximum absolute atomic E-state index is 12.7. The number of aliphatic hydroxyl groups is 4. The lowest BCUT2D eigenvalue weighted by Crippen LogP contribution is -2.59. The smallest absolute Gasteiger partial charge is 0.336 e. The van der Waals surface area contributed by atoms with Gasteiger partial charge in [-0.25, -0.2) is 4.79 Å². The maximum atomic E-state index is 12.7. The number of esters is 1. The van der Waals surface area contributed by atoms with E-state index >= 15 is 0 Å². The Labute approximate surface area is 169 Å². The fourth-order valence-electron chi connectivity index (χ4n) is 4.54. The van der Waals surface area contributed by atoms with Crippen LogP contribution in [0.3, 0.4) is 0 Å². The quantitative estimate of drug-likeness (QED) is 0.387. The van der Waals surface area contributed by atoms with Gasteiger partial charge in [-0.2, -0.15) is 0 Å². The first-order valence-electron chi connectivity index (χ1n) is 10.1. The molecule has 0 aromatic rings. The second-order valence-corrected chi connectivity index (χ2v) is 8.63. The molecule has 1 heterocycles. The molecule has 8 heteroatoms. The normalized spacial score (nSPS) is 42.0. The number of ketones is 1. The van der Waals surface area contributed by atoms with Crippen LogP contribution in [0.4, 0.5) is 0 Å². The third-order valence-corrected chi connectivity index (χ3v) is 6.88. The van der Waals surface area contributed by atoms with E-state index in [1.165, 1.54) is 6.92 Å². The molecule has 0 amide bonds. The molecule has 8 nitrogen and oxygen atoms in total. The van der Waals surface area contributed by atoms with E-state index < -0.39 is 43.3 Å². The van der Waals surface area contributed by atoms with Crippen LogP contribution in [0.2, 0.25) is 0 Å². The number of hydrogen-bond acceptors (Lipinski definition) is 8. The van der Waals surface area contributed by atoms with Gasteiger partial charge >= 0.3 is 5.97 Å². The van der Waals surface area contributed by atoms with E-state index in [0.717, 1.165) is 24.8 Å². The number of rotatable bonds is 3. The lowest BCUT2D eigenvalue weighted by molar-refractivity contribution is -0.291. The van der Waals surface area contributed by atoms with Crippen LogP contribution in [-0.4, -0.2) is 69.5 Å². The molecule has 0 bridgehead atoms. The molecule has 1 saturated heterocycles. The van der Waals surface area contributed by atoms with Crippen molar-refractivity contribution >= 4 is 11.8 Å². The van der Waals surface area contributed by atoms with Crippen molar-refractivity contribution in [3.05, 3.63) is 22.8 Å². The molecule has 7 atom stereocenters. The molecule has 0 aromatic heterocycles. The summed E-state index contributed by atoms with van der Waals surface area (Å²) in [7, 11) is 0. The lowest BCUT2D eigenvalue weighted by atomic mass is 9.59. The molecular weight excluding hydrogens is 380 g/mol. The Hall–Kier alpha value is -1.58. The zero-order chi connectivity index (χ0) is 21.5. The summed E-state index contributed by atoms with van der Waals surface area (Å²) in [5.74, 6) is -0.684. The Morgan fingerprint density at radius 1 is 1.28 bits per heavy atom. The molecule has 4 N–H and O–H groups in total. The van der Waals surface area contributed by atoms with Gasteiger partial charge in [0.2, 0.25) is 6.29 Å². The van der Waals surface area contributed by atoms with Crippen LogP contribution in [-0.2, 0) is 19.1 Å². The average molecular weight is 410 g/mol. The summed E-state index contributed by atoms with van der Waals surface area (Å²) in [4.78, 5) is 25.3. The van der Waals surface area contributed by atoms with Gasteiger partial charge in [0.1, 0.15) is 24.4 Å². The molecule has 1 saturated carbocycles. The van der Waals surface area contributed by atoms with E-state index in [1.807, 2.05) is 0 Å². The van der Waals surface area contributed by atoms with Crippen molar-refractivity contribution in [2.45, 2.75) is 77.2 Å². The number of carbonyl (C=O) groups excluding carboxylic acids is 2. The molecule has 0 radical (unpaired) electrons. The van der Waals surface area contributed by atoms with Gasteiger partial charge in [0.15, 0.2) is 5.78 Å². The Morgan fingerprint density at radius 2 is 1.97 bits per heavy atom. The van der Waals surface area contributed by atoms with Crippen LogP contribution in [0.5, 0.6) is 0 Å². The summed E-state index contributed by atoms with van der Waals surface area (Å²) in [5, 5.41) is 39.0. The van der Waals surface area contributed by atoms with E-state index in [4.69, 9.17) is 9.47 Å². The molecule has 0 aromatic carbocycles. The van der Waals surface area contributed by atoms with Gasteiger partial charge in [-0.05, 0) is 50.0 Å². The summed E-state index contributed by atoms with van der Waals surface area (Å²) in [5.41, 5.74) is 1.44. The summed E-state index contributed by atoms with van der Waals surface area (Å²) >= 11 is 0. The maximum Gasteiger partial charge on any atom is 0.336 e. The van der Waals surface area contributed by atoms with Crippen molar-refractivity contribution in [2.24, 2.45) is 11.3 Å². The van der Waals surface area contributed by atoms with E-state index in [-0.39, 0.29) is 16.8 Å². The molecule has 0 spiro atoms. The van der Waals surface area contributed by atoms with Gasteiger partial charge in [-0.3, -0.25) is 4.79 Å². The molecular formula is C21H30O8. The second-order valence-electron chi connectivity index (χ2n) is 8.63. The van der Waals surface area contributed by atoms with Crippen LogP contribution < -0.4 is 0 Å². The summed E-state index contributed by atoms with van der Waals surface area (Å²) in [6, 6.07) is 0. The van der Waals surface area contributed by atoms with E-state index in [0.29, 0.717) is 17.9 Å². The third-order valence-electron chi connectivity index (χ3n) is 6.88. The van der Waals surface area contributed by atoms with E-state index in [2.05, 4.69) is 13.8 Å². The predicted octanol–water partition coefficient (Wildman–Crippen LogP) is 0.371. The topological polar surface area (TPSA) is 134 Å². The summed E-state index contributed by atoms with van der Waals surface area (Å²) < 4.78 is 10.4. The first-order chi connectivity index (χ1) is 13.6. The first kappa shape index (κ1) is 22.1. The zero-order valence-electron chi connectivity index (χ0n) is 17.0. The third kappa shape index (κ3) is 3.92. The predicted molar refractivity (Wildman–Crippen MR) is 101 cm³/mol. The van der Waals surface area contributed by atoms with Gasteiger partial charge in [-0.15, -0.1) is 0 Å². The Kier molecular flexibility index (Phi) is 6.31. The van der Waals surface area contributed by atoms with Crippen LogP contribution in [0.25, 0.3) is 0 Å².